The molecule has 1 rings (SSSR count). The van der Waals surface area contributed by atoms with Crippen LogP contribution in [0.2, 0.25) is 0 Å². The second kappa shape index (κ2) is 16.2. The molecule has 0 saturated carbocycles. The summed E-state index contributed by atoms with van der Waals surface area (Å²) in [4.78, 5) is 32.8. The van der Waals surface area contributed by atoms with Gasteiger partial charge in [0.25, 0.3) is 0 Å². The molecule has 1 unspecified atom stereocenters. The third kappa shape index (κ3) is 12.9. The molecule has 0 aliphatic rings. The van der Waals surface area contributed by atoms with Crippen LogP contribution in [0.25, 0.3) is 0 Å². The standard InChI is InChI=1S/C22H41O3P.C10H21OP/c1-8-9-10-11-12-13-16-26(23,24,25)20-15-14-18(21(2,3)4)17-19(20)22(5,6)7;1-4-7-8-10(5-2,6-3)9-12-11/h14-15,17,23-25H,8-13,16H2,1-7H3;4-9H2,1-3H3/p+1. The second-order valence-corrected chi connectivity index (χ2v) is 17.4. The third-order valence-corrected chi connectivity index (χ3v) is 11.5. The Labute approximate surface area is 237 Å². The maximum atomic E-state index is 10.9. The Balaban J connectivity index is 0.000000958. The van der Waals surface area contributed by atoms with Crippen molar-refractivity contribution in [2.24, 2.45) is 5.41 Å². The summed E-state index contributed by atoms with van der Waals surface area (Å²) in [5.74, 6) is 0. The summed E-state index contributed by atoms with van der Waals surface area (Å²) >= 11 is 0. The molecule has 1 aromatic rings. The first-order valence-electron chi connectivity index (χ1n) is 15.2. The van der Waals surface area contributed by atoms with Crippen LogP contribution in [0.1, 0.15) is 151 Å². The molecule has 1 atom stereocenters. The van der Waals surface area contributed by atoms with Crippen molar-refractivity contribution in [3.05, 3.63) is 29.3 Å². The summed E-state index contributed by atoms with van der Waals surface area (Å²) in [5.41, 5.74) is 2.04. The van der Waals surface area contributed by atoms with Crippen molar-refractivity contribution in [3.8, 4) is 0 Å². The Morgan fingerprint density at radius 3 is 1.71 bits per heavy atom. The van der Waals surface area contributed by atoms with Gasteiger partial charge in [-0.05, 0) is 19.3 Å². The van der Waals surface area contributed by atoms with Crippen molar-refractivity contribution < 1.29 is 19.2 Å². The molecule has 38 heavy (non-hydrogen) atoms. The van der Waals surface area contributed by atoms with E-state index in [4.69, 9.17) is 0 Å². The van der Waals surface area contributed by atoms with Crippen LogP contribution in [-0.4, -0.2) is 27.0 Å². The number of hydrogen-bond acceptors (Lipinski definition) is 4. The molecule has 0 aliphatic carbocycles. The van der Waals surface area contributed by atoms with Crippen LogP contribution in [0.5, 0.6) is 0 Å². The molecule has 0 heterocycles. The van der Waals surface area contributed by atoms with Crippen LogP contribution >= 0.6 is 15.7 Å². The van der Waals surface area contributed by atoms with Crippen LogP contribution < -0.4 is 5.30 Å². The molecule has 0 fully saturated rings. The Kier molecular flexibility index (Phi) is 16.0. The molecule has 224 valence electrons. The average Bonchev–Trinajstić information content (AvgIpc) is 2.83. The van der Waals surface area contributed by atoms with Gasteiger partial charge in [-0.15, -0.1) is 0 Å². The molecule has 0 saturated heterocycles. The molecule has 3 N–H and O–H groups in total. The minimum absolute atomic E-state index is 0.0331. The number of rotatable bonds is 15. The SMILES string of the molecule is CCCCC(CC)(CC)C[PH+]=O.CCCCCCCCP(O)(O)(O)c1ccc(C(C)(C)C)cc1C(C)(C)C. The summed E-state index contributed by atoms with van der Waals surface area (Å²) in [7, 11) is -4.99. The zero-order valence-electron chi connectivity index (χ0n) is 26.6. The molecule has 0 bridgehead atoms. The molecule has 0 spiro atoms. The van der Waals surface area contributed by atoms with Crippen molar-refractivity contribution in [3.63, 3.8) is 0 Å². The molecule has 0 radical (unpaired) electrons. The zero-order chi connectivity index (χ0) is 29.7. The van der Waals surface area contributed by atoms with E-state index in [-0.39, 0.29) is 25.5 Å². The van der Waals surface area contributed by atoms with Gasteiger partial charge >= 0.3 is 169 Å². The van der Waals surface area contributed by atoms with Gasteiger partial charge in [0.15, 0.2) is 0 Å². The summed E-state index contributed by atoms with van der Waals surface area (Å²) in [6.45, 7) is 21.4. The van der Waals surface area contributed by atoms with Crippen molar-refractivity contribution in [1.29, 1.82) is 0 Å². The third-order valence-electron chi connectivity index (χ3n) is 8.10. The van der Waals surface area contributed by atoms with E-state index in [2.05, 4.69) is 69.2 Å². The topological polar surface area (TPSA) is 77.8 Å². The fourth-order valence-electron chi connectivity index (χ4n) is 4.95. The molecule has 6 heteroatoms. The van der Waals surface area contributed by atoms with Crippen LogP contribution in [0, 0.1) is 5.41 Å². The maximum absolute atomic E-state index is 10.9. The molecule has 0 amide bonds. The van der Waals surface area contributed by atoms with Gasteiger partial charge in [-0.1, -0.05) is 38.2 Å². The molecule has 0 aliphatic heterocycles. The van der Waals surface area contributed by atoms with E-state index in [0.717, 1.165) is 30.1 Å². The van der Waals surface area contributed by atoms with Gasteiger partial charge in [-0.3, -0.25) is 0 Å². The normalized spacial score (nSPS) is 14.1. The van der Waals surface area contributed by atoms with Gasteiger partial charge in [-0.25, -0.2) is 0 Å². The Morgan fingerprint density at radius 1 is 0.737 bits per heavy atom. The fourth-order valence-corrected chi connectivity index (χ4v) is 8.26. The predicted molar refractivity (Wildman–Crippen MR) is 172 cm³/mol. The van der Waals surface area contributed by atoms with Crippen molar-refractivity contribution >= 4 is 21.0 Å². The Bertz CT molecular complexity index is 809. The zero-order valence-corrected chi connectivity index (χ0v) is 28.5. The first-order chi connectivity index (χ1) is 17.4. The monoisotopic (exact) mass is 573 g/mol. The van der Waals surface area contributed by atoms with Crippen LogP contribution in [-0.2, 0) is 15.4 Å². The van der Waals surface area contributed by atoms with Crippen LogP contribution in [0.4, 0.5) is 0 Å². The Morgan fingerprint density at radius 2 is 1.26 bits per heavy atom. The molecule has 1 aromatic carbocycles. The van der Waals surface area contributed by atoms with Crippen molar-refractivity contribution in [2.45, 2.75) is 151 Å². The predicted octanol–water partition coefficient (Wildman–Crippen LogP) is 9.55. The minimum atomic E-state index is -4.87. The van der Waals surface area contributed by atoms with Crippen molar-refractivity contribution in [1.82, 2.24) is 0 Å². The molecular weight excluding hydrogens is 510 g/mol. The van der Waals surface area contributed by atoms with E-state index in [0.29, 0.717) is 17.1 Å². The first-order valence-corrected chi connectivity index (χ1v) is 18.6. The van der Waals surface area contributed by atoms with Gasteiger partial charge in [-0.2, -0.15) is 0 Å². The van der Waals surface area contributed by atoms with Crippen LogP contribution in [0.3, 0.4) is 0 Å². The number of unbranched alkanes of at least 4 members (excludes halogenated alkanes) is 6. The molecule has 4 nitrogen and oxygen atoms in total. The van der Waals surface area contributed by atoms with Gasteiger partial charge in [0, 0.05) is 5.41 Å². The van der Waals surface area contributed by atoms with Gasteiger partial charge in [0.1, 0.15) is 6.16 Å². The van der Waals surface area contributed by atoms with Gasteiger partial charge in [0.2, 0.25) is 0 Å². The van der Waals surface area contributed by atoms with Gasteiger partial charge < -0.3 is 0 Å². The van der Waals surface area contributed by atoms with E-state index in [1.807, 2.05) is 12.1 Å². The summed E-state index contributed by atoms with van der Waals surface area (Å²) in [6, 6.07) is 5.71. The first kappa shape index (κ1) is 37.6. The summed E-state index contributed by atoms with van der Waals surface area (Å²) in [6.07, 6.45) is 13.3. The second-order valence-electron chi connectivity index (χ2n) is 13.5. The van der Waals surface area contributed by atoms with Gasteiger partial charge in [0.05, 0.1) is 0 Å². The summed E-state index contributed by atoms with van der Waals surface area (Å²) in [5, 5.41) is 0.338. The van der Waals surface area contributed by atoms with Crippen molar-refractivity contribution in [2.75, 3.05) is 12.3 Å². The van der Waals surface area contributed by atoms with E-state index in [1.54, 1.807) is 6.07 Å². The number of benzene rings is 1. The van der Waals surface area contributed by atoms with Crippen LogP contribution in [0.15, 0.2) is 18.2 Å². The van der Waals surface area contributed by atoms with E-state index in [1.165, 1.54) is 51.4 Å². The quantitative estimate of drug-likeness (QED) is 0.144. The fraction of sp³-hybridized carbons (Fsp3) is 0.812. The number of hydrogen-bond donors (Lipinski definition) is 3. The van der Waals surface area contributed by atoms with E-state index < -0.39 is 7.28 Å². The van der Waals surface area contributed by atoms with E-state index >= 15 is 0 Å². The van der Waals surface area contributed by atoms with E-state index in [9.17, 15) is 19.2 Å². The molecular formula is C32H63O4P2+. The molecule has 0 aromatic heterocycles. The summed E-state index contributed by atoms with van der Waals surface area (Å²) < 4.78 is 10.7. The average molecular weight is 574 g/mol. The Hall–Kier alpha value is -0.370.